The minimum Gasteiger partial charge on any atom is -0.493 e. The summed E-state index contributed by atoms with van der Waals surface area (Å²) < 4.78 is 28.0. The number of hydrogen-bond donors (Lipinski definition) is 0. The summed E-state index contributed by atoms with van der Waals surface area (Å²) in [6.07, 6.45) is 5.46. The molecule has 146 valence electrons. The molecule has 3 aliphatic rings. The number of rotatable bonds is 4. The summed E-state index contributed by atoms with van der Waals surface area (Å²) in [7, 11) is 1.59. The number of methoxy groups -OCH3 is 1. The Hall–Kier alpha value is -2.25. The maximum Gasteiger partial charge on any atom is 0.247 e. The quantitative estimate of drug-likeness (QED) is 0.749. The Morgan fingerprint density at radius 2 is 2.11 bits per heavy atom. The molecular formula is C20H25NO6. The van der Waals surface area contributed by atoms with Crippen molar-refractivity contribution in [1.82, 2.24) is 4.90 Å². The van der Waals surface area contributed by atoms with E-state index in [1.807, 2.05) is 17.0 Å². The molecule has 0 bridgehead atoms. The Labute approximate surface area is 158 Å². The Morgan fingerprint density at radius 3 is 2.93 bits per heavy atom. The number of carbonyl (C=O) groups excluding carboxylic acids is 1. The number of carbonyl (C=O) groups is 1. The van der Waals surface area contributed by atoms with Gasteiger partial charge in [0.25, 0.3) is 0 Å². The van der Waals surface area contributed by atoms with Crippen LogP contribution in [0.2, 0.25) is 0 Å². The topological polar surface area (TPSA) is 66.5 Å². The van der Waals surface area contributed by atoms with Crippen LogP contribution in [-0.4, -0.2) is 69.6 Å². The normalized spacial score (nSPS) is 25.0. The van der Waals surface area contributed by atoms with Gasteiger partial charge in [-0.25, -0.2) is 0 Å². The van der Waals surface area contributed by atoms with Gasteiger partial charge < -0.3 is 28.6 Å². The van der Waals surface area contributed by atoms with E-state index >= 15 is 0 Å². The van der Waals surface area contributed by atoms with Gasteiger partial charge in [-0.05, 0) is 36.6 Å². The number of hydrogen-bond acceptors (Lipinski definition) is 6. The molecule has 0 aromatic heterocycles. The predicted octanol–water partition coefficient (Wildman–Crippen LogP) is 1.89. The molecule has 0 saturated carbocycles. The van der Waals surface area contributed by atoms with Gasteiger partial charge in [-0.15, -0.1) is 0 Å². The molecule has 2 unspecified atom stereocenters. The molecule has 3 heterocycles. The third-order valence-corrected chi connectivity index (χ3v) is 5.11. The van der Waals surface area contributed by atoms with Gasteiger partial charge in [0.05, 0.1) is 32.5 Å². The minimum atomic E-state index is -0.0346. The van der Waals surface area contributed by atoms with E-state index < -0.39 is 0 Å². The predicted molar refractivity (Wildman–Crippen MR) is 98.3 cm³/mol. The highest BCUT2D eigenvalue weighted by Crippen LogP contribution is 2.40. The number of fused-ring (bicyclic) bond motifs is 1. The van der Waals surface area contributed by atoms with Gasteiger partial charge in [-0.1, -0.05) is 0 Å². The molecular weight excluding hydrogens is 350 g/mol. The van der Waals surface area contributed by atoms with Crippen molar-refractivity contribution in [1.29, 1.82) is 0 Å². The first-order chi connectivity index (χ1) is 13.3. The molecule has 7 heteroatoms. The van der Waals surface area contributed by atoms with E-state index in [1.54, 1.807) is 19.3 Å². The molecule has 1 aromatic carbocycles. The second kappa shape index (κ2) is 8.19. The first kappa shape index (κ1) is 18.1. The van der Waals surface area contributed by atoms with Gasteiger partial charge in [0, 0.05) is 19.2 Å². The van der Waals surface area contributed by atoms with Crippen LogP contribution in [0.15, 0.2) is 18.2 Å². The summed E-state index contributed by atoms with van der Waals surface area (Å²) in [5, 5.41) is 0. The third kappa shape index (κ3) is 3.89. The number of amides is 1. The molecule has 0 N–H and O–H groups in total. The van der Waals surface area contributed by atoms with Crippen LogP contribution in [0.1, 0.15) is 18.4 Å². The van der Waals surface area contributed by atoms with Gasteiger partial charge in [0.2, 0.25) is 11.7 Å². The largest absolute Gasteiger partial charge is 0.493 e. The summed E-state index contributed by atoms with van der Waals surface area (Å²) in [6, 6.07) is 3.68. The minimum absolute atomic E-state index is 0.0202. The highest BCUT2D eigenvalue weighted by Gasteiger charge is 2.35. The zero-order valence-electron chi connectivity index (χ0n) is 15.5. The summed E-state index contributed by atoms with van der Waals surface area (Å²) in [6.45, 7) is 3.43. The first-order valence-corrected chi connectivity index (χ1v) is 9.42. The lowest BCUT2D eigenvalue weighted by Gasteiger charge is -2.37. The Morgan fingerprint density at radius 1 is 1.22 bits per heavy atom. The Kier molecular flexibility index (Phi) is 5.50. The summed E-state index contributed by atoms with van der Waals surface area (Å²) in [5.41, 5.74) is 0.825. The SMILES string of the molecule is COc1cc(/C=C/C(=O)N2CCOCC2C2CCCO2)cc2c1OCCO2. The van der Waals surface area contributed by atoms with Crippen LogP contribution in [-0.2, 0) is 14.3 Å². The van der Waals surface area contributed by atoms with Crippen molar-refractivity contribution in [2.45, 2.75) is 25.0 Å². The molecule has 27 heavy (non-hydrogen) atoms. The average Bonchev–Trinajstić information content (AvgIpc) is 3.26. The molecule has 2 fully saturated rings. The zero-order chi connectivity index (χ0) is 18.6. The van der Waals surface area contributed by atoms with Crippen molar-refractivity contribution in [2.75, 3.05) is 46.7 Å². The lowest BCUT2D eigenvalue weighted by atomic mass is 10.1. The number of nitrogens with zero attached hydrogens (tertiary/aromatic N) is 1. The second-order valence-electron chi connectivity index (χ2n) is 6.81. The van der Waals surface area contributed by atoms with E-state index in [-0.39, 0.29) is 18.1 Å². The van der Waals surface area contributed by atoms with Gasteiger partial charge in [-0.3, -0.25) is 4.79 Å². The molecule has 3 aliphatic heterocycles. The first-order valence-electron chi connectivity index (χ1n) is 9.42. The Bertz CT molecular complexity index is 695. The highest BCUT2D eigenvalue weighted by atomic mass is 16.6. The third-order valence-electron chi connectivity index (χ3n) is 5.11. The fourth-order valence-corrected chi connectivity index (χ4v) is 3.76. The lowest BCUT2D eigenvalue weighted by molar-refractivity contribution is -0.140. The average molecular weight is 375 g/mol. The van der Waals surface area contributed by atoms with Gasteiger partial charge in [0.1, 0.15) is 13.2 Å². The summed E-state index contributed by atoms with van der Waals surface area (Å²) in [4.78, 5) is 14.7. The lowest BCUT2D eigenvalue weighted by Crippen LogP contribution is -2.53. The van der Waals surface area contributed by atoms with E-state index in [0.717, 1.165) is 25.0 Å². The van der Waals surface area contributed by atoms with E-state index in [9.17, 15) is 4.79 Å². The summed E-state index contributed by atoms with van der Waals surface area (Å²) >= 11 is 0. The van der Waals surface area contributed by atoms with Crippen molar-refractivity contribution >= 4 is 12.0 Å². The monoisotopic (exact) mass is 375 g/mol. The van der Waals surface area contributed by atoms with Crippen molar-refractivity contribution in [3.63, 3.8) is 0 Å². The van der Waals surface area contributed by atoms with Crippen LogP contribution in [0.25, 0.3) is 6.08 Å². The van der Waals surface area contributed by atoms with E-state index in [1.165, 1.54) is 0 Å². The summed E-state index contributed by atoms with van der Waals surface area (Å²) in [5.74, 6) is 1.81. The molecule has 0 spiro atoms. The van der Waals surface area contributed by atoms with E-state index in [4.69, 9.17) is 23.7 Å². The molecule has 2 atom stereocenters. The van der Waals surface area contributed by atoms with Crippen LogP contribution >= 0.6 is 0 Å². The molecule has 2 saturated heterocycles. The van der Waals surface area contributed by atoms with Crippen LogP contribution < -0.4 is 14.2 Å². The fourth-order valence-electron chi connectivity index (χ4n) is 3.76. The van der Waals surface area contributed by atoms with Crippen LogP contribution in [0.3, 0.4) is 0 Å². The van der Waals surface area contributed by atoms with Gasteiger partial charge >= 0.3 is 0 Å². The Balaban J connectivity index is 1.50. The molecule has 0 aliphatic carbocycles. The van der Waals surface area contributed by atoms with Gasteiger partial charge in [0.15, 0.2) is 11.5 Å². The van der Waals surface area contributed by atoms with E-state index in [2.05, 4.69) is 0 Å². The van der Waals surface area contributed by atoms with Crippen LogP contribution in [0.4, 0.5) is 0 Å². The highest BCUT2D eigenvalue weighted by molar-refractivity contribution is 5.92. The zero-order valence-corrected chi connectivity index (χ0v) is 15.5. The molecule has 4 rings (SSSR count). The maximum absolute atomic E-state index is 12.8. The van der Waals surface area contributed by atoms with Gasteiger partial charge in [-0.2, -0.15) is 0 Å². The van der Waals surface area contributed by atoms with Crippen molar-refractivity contribution in [2.24, 2.45) is 0 Å². The van der Waals surface area contributed by atoms with E-state index in [0.29, 0.717) is 50.2 Å². The molecule has 1 amide bonds. The van der Waals surface area contributed by atoms with Crippen molar-refractivity contribution < 1.29 is 28.5 Å². The van der Waals surface area contributed by atoms with Crippen LogP contribution in [0, 0.1) is 0 Å². The number of benzene rings is 1. The number of ether oxygens (including phenoxy) is 5. The second-order valence-corrected chi connectivity index (χ2v) is 6.81. The smallest absolute Gasteiger partial charge is 0.247 e. The molecule has 1 aromatic rings. The standard InChI is InChI=1S/C20H25NO6/c1-23-17-11-14(12-18-20(17)27-10-9-26-18)4-5-19(22)21-6-8-24-13-15(21)16-3-2-7-25-16/h4-5,11-12,15-16H,2-3,6-10,13H2,1H3/b5-4+. The molecule has 0 radical (unpaired) electrons. The van der Waals surface area contributed by atoms with Crippen LogP contribution in [0.5, 0.6) is 17.2 Å². The number of morpholine rings is 1. The fraction of sp³-hybridized carbons (Fsp3) is 0.550. The van der Waals surface area contributed by atoms with Crippen molar-refractivity contribution in [3.05, 3.63) is 23.8 Å². The molecule has 7 nitrogen and oxygen atoms in total. The van der Waals surface area contributed by atoms with Crippen molar-refractivity contribution in [3.8, 4) is 17.2 Å². The maximum atomic E-state index is 12.8.